The van der Waals surface area contributed by atoms with Crippen molar-refractivity contribution < 1.29 is 0 Å². The van der Waals surface area contributed by atoms with E-state index in [2.05, 4.69) is 45.3 Å². The van der Waals surface area contributed by atoms with E-state index in [0.717, 1.165) is 22.3 Å². The van der Waals surface area contributed by atoms with E-state index in [1.807, 2.05) is 24.3 Å². The molecule has 0 bridgehead atoms. The molecule has 0 atom stereocenters. The fraction of sp³-hybridized carbons (Fsp3) is 0.200. The first-order valence-corrected chi connectivity index (χ1v) is 6.90. The van der Waals surface area contributed by atoms with Crippen LogP contribution in [-0.4, -0.2) is 4.98 Å². The van der Waals surface area contributed by atoms with Gasteiger partial charge in [-0.05, 0) is 46.1 Å². The van der Waals surface area contributed by atoms with Crippen LogP contribution in [0.5, 0.6) is 0 Å². The molecule has 0 spiro atoms. The summed E-state index contributed by atoms with van der Waals surface area (Å²) in [5.74, 6) is 0. The van der Waals surface area contributed by atoms with Crippen LogP contribution in [0.2, 0.25) is 0 Å². The molecular formula is C15H14BrN3. The van der Waals surface area contributed by atoms with Crippen molar-refractivity contribution in [2.45, 2.75) is 19.9 Å². The Bertz CT molecular complexity index is 617. The maximum atomic E-state index is 9.16. The van der Waals surface area contributed by atoms with Crippen LogP contribution in [0, 0.1) is 11.3 Å². The SMILES string of the molecule is CCc1cccnc1CNc1cccc(Br)c1C#N. The molecule has 0 unspecified atom stereocenters. The average molecular weight is 316 g/mol. The minimum Gasteiger partial charge on any atom is -0.378 e. The number of aryl methyl sites for hydroxylation is 1. The highest BCUT2D eigenvalue weighted by atomic mass is 79.9. The second-order valence-corrected chi connectivity index (χ2v) is 4.94. The van der Waals surface area contributed by atoms with Gasteiger partial charge in [0.25, 0.3) is 0 Å². The monoisotopic (exact) mass is 315 g/mol. The zero-order chi connectivity index (χ0) is 13.7. The minimum atomic E-state index is 0.620. The van der Waals surface area contributed by atoms with Crippen molar-refractivity contribution in [3.05, 3.63) is 57.8 Å². The molecule has 2 rings (SSSR count). The van der Waals surface area contributed by atoms with Crippen LogP contribution >= 0.6 is 15.9 Å². The first kappa shape index (κ1) is 13.6. The van der Waals surface area contributed by atoms with E-state index in [1.165, 1.54) is 5.56 Å². The fourth-order valence-electron chi connectivity index (χ4n) is 1.92. The second kappa shape index (κ2) is 6.35. The summed E-state index contributed by atoms with van der Waals surface area (Å²) >= 11 is 3.38. The third-order valence-electron chi connectivity index (χ3n) is 2.94. The quantitative estimate of drug-likeness (QED) is 0.931. The average Bonchev–Trinajstić information content (AvgIpc) is 2.45. The van der Waals surface area contributed by atoms with Gasteiger partial charge in [-0.2, -0.15) is 5.26 Å². The van der Waals surface area contributed by atoms with Crippen molar-refractivity contribution in [3.8, 4) is 6.07 Å². The molecule has 1 heterocycles. The predicted molar refractivity (Wildman–Crippen MR) is 79.8 cm³/mol. The first-order chi connectivity index (χ1) is 9.26. The van der Waals surface area contributed by atoms with Crippen LogP contribution in [0.1, 0.15) is 23.7 Å². The Balaban J connectivity index is 2.20. The summed E-state index contributed by atoms with van der Waals surface area (Å²) in [5.41, 5.74) is 3.69. The van der Waals surface area contributed by atoms with Gasteiger partial charge in [0.15, 0.2) is 0 Å². The summed E-state index contributed by atoms with van der Waals surface area (Å²) in [4.78, 5) is 4.39. The lowest BCUT2D eigenvalue weighted by atomic mass is 10.1. The Kier molecular flexibility index (Phi) is 4.53. The molecule has 0 aliphatic carbocycles. The van der Waals surface area contributed by atoms with E-state index >= 15 is 0 Å². The van der Waals surface area contributed by atoms with Crippen molar-refractivity contribution in [1.29, 1.82) is 5.26 Å². The Morgan fingerprint density at radius 2 is 2.16 bits per heavy atom. The Labute approximate surface area is 121 Å². The van der Waals surface area contributed by atoms with Gasteiger partial charge in [-0.1, -0.05) is 19.1 Å². The Hall–Kier alpha value is -1.86. The van der Waals surface area contributed by atoms with E-state index in [-0.39, 0.29) is 0 Å². The fourth-order valence-corrected chi connectivity index (χ4v) is 2.37. The van der Waals surface area contributed by atoms with Gasteiger partial charge in [-0.25, -0.2) is 0 Å². The Morgan fingerprint density at radius 3 is 2.89 bits per heavy atom. The van der Waals surface area contributed by atoms with E-state index in [0.29, 0.717) is 12.1 Å². The summed E-state index contributed by atoms with van der Waals surface area (Å²) in [6.07, 6.45) is 2.75. The zero-order valence-corrected chi connectivity index (χ0v) is 12.2. The third-order valence-corrected chi connectivity index (χ3v) is 3.60. The largest absolute Gasteiger partial charge is 0.378 e. The molecule has 1 aromatic heterocycles. The predicted octanol–water partition coefficient (Wildman–Crippen LogP) is 3.89. The molecule has 3 nitrogen and oxygen atoms in total. The van der Waals surface area contributed by atoms with Gasteiger partial charge in [0, 0.05) is 10.7 Å². The first-order valence-electron chi connectivity index (χ1n) is 6.11. The second-order valence-electron chi connectivity index (χ2n) is 4.09. The standard InChI is InChI=1S/C15H14BrN3/c1-2-11-5-4-8-18-15(11)10-19-14-7-3-6-13(16)12(14)9-17/h3-8,19H,2,10H2,1H3. The summed E-state index contributed by atoms with van der Waals surface area (Å²) in [7, 11) is 0. The van der Waals surface area contributed by atoms with Crippen LogP contribution in [0.25, 0.3) is 0 Å². The molecule has 0 radical (unpaired) electrons. The van der Waals surface area contributed by atoms with Crippen molar-refractivity contribution in [1.82, 2.24) is 4.98 Å². The number of aromatic nitrogens is 1. The summed E-state index contributed by atoms with van der Waals surface area (Å²) < 4.78 is 0.803. The molecule has 96 valence electrons. The van der Waals surface area contributed by atoms with E-state index in [9.17, 15) is 0 Å². The number of pyridine rings is 1. The highest BCUT2D eigenvalue weighted by Gasteiger charge is 2.07. The van der Waals surface area contributed by atoms with Crippen LogP contribution < -0.4 is 5.32 Å². The minimum absolute atomic E-state index is 0.620. The maximum Gasteiger partial charge on any atom is 0.103 e. The lowest BCUT2D eigenvalue weighted by Gasteiger charge is -2.11. The number of benzene rings is 1. The smallest absolute Gasteiger partial charge is 0.103 e. The molecule has 0 saturated carbocycles. The third kappa shape index (κ3) is 3.12. The van der Waals surface area contributed by atoms with Crippen molar-refractivity contribution in [3.63, 3.8) is 0 Å². The van der Waals surface area contributed by atoms with Crippen molar-refractivity contribution >= 4 is 21.6 Å². The summed E-state index contributed by atoms with van der Waals surface area (Å²) in [6.45, 7) is 2.73. The number of rotatable bonds is 4. The van der Waals surface area contributed by atoms with Crippen molar-refractivity contribution in [2.75, 3.05) is 5.32 Å². The molecular weight excluding hydrogens is 302 g/mol. The lowest BCUT2D eigenvalue weighted by molar-refractivity contribution is 0.971. The normalized spacial score (nSPS) is 9.95. The summed E-state index contributed by atoms with van der Waals surface area (Å²) in [5, 5.41) is 12.4. The molecule has 4 heteroatoms. The van der Waals surface area contributed by atoms with Crippen molar-refractivity contribution in [2.24, 2.45) is 0 Å². The number of halogens is 1. The topological polar surface area (TPSA) is 48.7 Å². The van der Waals surface area contributed by atoms with Gasteiger partial charge in [-0.15, -0.1) is 0 Å². The molecule has 19 heavy (non-hydrogen) atoms. The molecule has 0 saturated heterocycles. The number of nitrogens with zero attached hydrogens (tertiary/aromatic N) is 2. The number of hydrogen-bond donors (Lipinski definition) is 1. The number of nitriles is 1. The van der Waals surface area contributed by atoms with Crippen LogP contribution in [0.3, 0.4) is 0 Å². The molecule has 0 aliphatic rings. The molecule has 1 aromatic carbocycles. The van der Waals surface area contributed by atoms with Gasteiger partial charge >= 0.3 is 0 Å². The van der Waals surface area contributed by atoms with Gasteiger partial charge < -0.3 is 5.32 Å². The van der Waals surface area contributed by atoms with Gasteiger partial charge in [0.05, 0.1) is 23.5 Å². The molecule has 0 amide bonds. The molecule has 1 N–H and O–H groups in total. The Morgan fingerprint density at radius 1 is 1.32 bits per heavy atom. The zero-order valence-electron chi connectivity index (χ0n) is 10.7. The molecule has 2 aromatic rings. The van der Waals surface area contributed by atoms with Gasteiger partial charge in [0.2, 0.25) is 0 Å². The highest BCUT2D eigenvalue weighted by Crippen LogP contribution is 2.24. The van der Waals surface area contributed by atoms with Gasteiger partial charge in [0.1, 0.15) is 6.07 Å². The van der Waals surface area contributed by atoms with E-state index < -0.39 is 0 Å². The highest BCUT2D eigenvalue weighted by molar-refractivity contribution is 9.10. The summed E-state index contributed by atoms with van der Waals surface area (Å²) in [6, 6.07) is 11.9. The number of nitrogens with one attached hydrogen (secondary N) is 1. The molecule has 0 aliphatic heterocycles. The van der Waals surface area contributed by atoms with E-state index in [1.54, 1.807) is 6.20 Å². The van der Waals surface area contributed by atoms with E-state index in [4.69, 9.17) is 5.26 Å². The number of anilines is 1. The van der Waals surface area contributed by atoms with Crippen LogP contribution in [0.4, 0.5) is 5.69 Å². The molecule has 0 fully saturated rings. The maximum absolute atomic E-state index is 9.16. The van der Waals surface area contributed by atoms with Crippen LogP contribution in [0.15, 0.2) is 41.0 Å². The van der Waals surface area contributed by atoms with Gasteiger partial charge in [-0.3, -0.25) is 4.98 Å². The number of hydrogen-bond acceptors (Lipinski definition) is 3. The van der Waals surface area contributed by atoms with Crippen LogP contribution in [-0.2, 0) is 13.0 Å². The lowest BCUT2D eigenvalue weighted by Crippen LogP contribution is -2.06.